The first-order valence-corrected chi connectivity index (χ1v) is 17.0. The molecule has 5 aromatic rings. The maximum absolute atomic E-state index is 14.1. The van der Waals surface area contributed by atoms with Gasteiger partial charge in [-0.25, -0.2) is 26.7 Å². The molecule has 3 N–H and O–H groups in total. The molecule has 0 unspecified atom stereocenters. The fourth-order valence-electron chi connectivity index (χ4n) is 5.67. The molecule has 13 heteroatoms. The number of carboxylic acids is 1. The molecule has 0 aromatic heterocycles. The van der Waals surface area contributed by atoms with Crippen molar-refractivity contribution in [3.05, 3.63) is 160 Å². The van der Waals surface area contributed by atoms with Gasteiger partial charge in [-0.1, -0.05) is 66.7 Å². The number of aliphatic hydroxyl groups is 1. The first kappa shape index (κ1) is 36.7. The van der Waals surface area contributed by atoms with Crippen LogP contribution in [0.5, 0.6) is 0 Å². The van der Waals surface area contributed by atoms with E-state index in [0.717, 1.165) is 32.7 Å². The highest BCUT2D eigenvalue weighted by atomic mass is 32.2. The van der Waals surface area contributed by atoms with Crippen molar-refractivity contribution in [2.24, 2.45) is 0 Å². The number of carboxylic acid groups (broad SMARTS) is 1. The topological polar surface area (TPSA) is 105 Å². The highest BCUT2D eigenvalue weighted by Crippen LogP contribution is 2.40. The van der Waals surface area contributed by atoms with Crippen molar-refractivity contribution in [2.45, 2.75) is 43.0 Å². The fourth-order valence-corrected chi connectivity index (χ4v) is 6.60. The number of ether oxygens (including phenoxy) is 2. The van der Waals surface area contributed by atoms with Crippen LogP contribution in [0.4, 0.5) is 22.0 Å². The van der Waals surface area contributed by atoms with Crippen LogP contribution in [0.2, 0.25) is 0 Å². The molecule has 1 saturated heterocycles. The second-order valence-corrected chi connectivity index (χ2v) is 13.0. The van der Waals surface area contributed by atoms with Gasteiger partial charge in [0.1, 0.15) is 5.56 Å². The first-order valence-electron chi connectivity index (χ1n) is 16.0. The van der Waals surface area contributed by atoms with Crippen LogP contribution in [-0.2, 0) is 22.6 Å². The Morgan fingerprint density at radius 2 is 1.37 bits per heavy atom. The minimum atomic E-state index is -2.35. The molecule has 0 bridgehead atoms. The van der Waals surface area contributed by atoms with E-state index in [9.17, 15) is 41.8 Å². The van der Waals surface area contributed by atoms with E-state index in [4.69, 9.17) is 9.47 Å². The summed E-state index contributed by atoms with van der Waals surface area (Å²) in [5.74, 6) is -13.1. The van der Waals surface area contributed by atoms with Gasteiger partial charge in [-0.15, -0.1) is 11.8 Å². The Hall–Kier alpha value is -5.08. The molecule has 1 aliphatic heterocycles. The zero-order valence-electron chi connectivity index (χ0n) is 27.1. The van der Waals surface area contributed by atoms with Crippen molar-refractivity contribution in [3.8, 4) is 11.1 Å². The predicted octanol–water partition coefficient (Wildman–Crippen LogP) is 8.51. The van der Waals surface area contributed by atoms with Crippen LogP contribution in [-0.4, -0.2) is 33.9 Å². The number of hydrogen-bond acceptors (Lipinski definition) is 6. The quantitative estimate of drug-likeness (QED) is 0.0541. The third-order valence-electron chi connectivity index (χ3n) is 8.49. The summed E-state index contributed by atoms with van der Waals surface area (Å²) < 4.78 is 81.7. The molecule has 5 aromatic carbocycles. The van der Waals surface area contributed by atoms with Crippen molar-refractivity contribution < 1.29 is 51.2 Å². The summed E-state index contributed by atoms with van der Waals surface area (Å²) in [5.41, 5.74) is 3.09. The Bertz CT molecular complexity index is 2050. The average Bonchev–Trinajstić information content (AvgIpc) is 3.18. The van der Waals surface area contributed by atoms with E-state index in [1.807, 2.05) is 48.5 Å². The molecule has 0 radical (unpaired) electrons. The fraction of sp³-hybridized carbons (Fsp3) is 0.179. The van der Waals surface area contributed by atoms with Gasteiger partial charge >= 0.3 is 5.97 Å². The molecule has 1 amide bonds. The maximum Gasteiger partial charge on any atom is 0.335 e. The van der Waals surface area contributed by atoms with Crippen LogP contribution in [0.25, 0.3) is 11.1 Å². The van der Waals surface area contributed by atoms with Gasteiger partial charge < -0.3 is 25.0 Å². The number of aliphatic hydroxyl groups excluding tert-OH is 1. The van der Waals surface area contributed by atoms with Gasteiger partial charge in [0, 0.05) is 29.2 Å². The number of benzene rings is 5. The summed E-state index contributed by atoms with van der Waals surface area (Å²) >= 11 is 1.54. The summed E-state index contributed by atoms with van der Waals surface area (Å²) in [6.07, 6.45) is -0.723. The lowest BCUT2D eigenvalue weighted by Gasteiger charge is -2.36. The van der Waals surface area contributed by atoms with Gasteiger partial charge in [0.25, 0.3) is 5.91 Å². The summed E-state index contributed by atoms with van der Waals surface area (Å²) in [4.78, 5) is 24.6. The average molecular weight is 736 g/mol. The van der Waals surface area contributed by atoms with E-state index in [0.29, 0.717) is 17.7 Å². The number of carbonyl (C=O) groups is 2. The SMILES string of the molecule is O=C(O)c1ccc(SC[C@H]2C[C@@H](c3ccc(CO)cc3)O[C@@H](c3ccc(-c4cccc(CNC(=O)c5c(F)c(F)c(F)c(F)c5F)c4)cc3)O2)cc1. The highest BCUT2D eigenvalue weighted by molar-refractivity contribution is 7.99. The van der Waals surface area contributed by atoms with E-state index in [-0.39, 0.29) is 30.9 Å². The third kappa shape index (κ3) is 8.18. The minimum Gasteiger partial charge on any atom is -0.478 e. The molecular formula is C39H30F5NO6S. The number of nitrogens with one attached hydrogen (secondary N) is 1. The van der Waals surface area contributed by atoms with Crippen molar-refractivity contribution in [2.75, 3.05) is 5.75 Å². The number of aromatic carboxylic acids is 1. The van der Waals surface area contributed by atoms with Crippen molar-refractivity contribution >= 4 is 23.6 Å². The number of thioether (sulfide) groups is 1. The Kier molecular flexibility index (Phi) is 11.3. The zero-order chi connectivity index (χ0) is 36.9. The highest BCUT2D eigenvalue weighted by Gasteiger charge is 2.33. The van der Waals surface area contributed by atoms with Crippen molar-refractivity contribution in [1.29, 1.82) is 0 Å². The Morgan fingerprint density at radius 3 is 2.00 bits per heavy atom. The number of hydrogen-bond donors (Lipinski definition) is 3. The van der Waals surface area contributed by atoms with Gasteiger partial charge in [0.15, 0.2) is 29.6 Å². The summed E-state index contributed by atoms with van der Waals surface area (Å²) in [6, 6.07) is 28.4. The second-order valence-electron chi connectivity index (χ2n) is 11.9. The minimum absolute atomic E-state index is 0.0836. The molecule has 52 heavy (non-hydrogen) atoms. The molecule has 1 fully saturated rings. The summed E-state index contributed by atoms with van der Waals surface area (Å²) in [6.45, 7) is -0.336. The Balaban J connectivity index is 1.16. The molecule has 0 spiro atoms. The van der Waals surface area contributed by atoms with Gasteiger partial charge in [0.2, 0.25) is 5.82 Å². The van der Waals surface area contributed by atoms with Gasteiger partial charge in [-0.05, 0) is 58.1 Å². The number of amides is 1. The van der Waals surface area contributed by atoms with Crippen LogP contribution in [0.3, 0.4) is 0 Å². The number of carbonyl (C=O) groups excluding carboxylic acids is 1. The lowest BCUT2D eigenvalue weighted by Crippen LogP contribution is -2.31. The van der Waals surface area contributed by atoms with Gasteiger partial charge in [-0.3, -0.25) is 4.79 Å². The molecular weight excluding hydrogens is 705 g/mol. The van der Waals surface area contributed by atoms with Crippen LogP contribution in [0.15, 0.2) is 102 Å². The first-order chi connectivity index (χ1) is 25.0. The lowest BCUT2D eigenvalue weighted by atomic mass is 9.99. The van der Waals surface area contributed by atoms with Crippen molar-refractivity contribution in [1.82, 2.24) is 5.32 Å². The summed E-state index contributed by atoms with van der Waals surface area (Å²) in [5, 5.41) is 20.9. The van der Waals surface area contributed by atoms with E-state index in [2.05, 4.69) is 5.32 Å². The Morgan fingerprint density at radius 1 is 0.731 bits per heavy atom. The van der Waals surface area contributed by atoms with Crippen LogP contribution in [0.1, 0.15) is 61.8 Å². The van der Waals surface area contributed by atoms with Crippen LogP contribution < -0.4 is 5.32 Å². The predicted molar refractivity (Wildman–Crippen MR) is 182 cm³/mol. The molecule has 0 saturated carbocycles. The molecule has 1 heterocycles. The van der Waals surface area contributed by atoms with E-state index in [1.54, 1.807) is 48.5 Å². The molecule has 7 nitrogen and oxygen atoms in total. The lowest BCUT2D eigenvalue weighted by molar-refractivity contribution is -0.245. The zero-order valence-corrected chi connectivity index (χ0v) is 27.9. The smallest absolute Gasteiger partial charge is 0.335 e. The van der Waals surface area contributed by atoms with Gasteiger partial charge in [-0.2, -0.15) is 0 Å². The maximum atomic E-state index is 14.1. The molecule has 0 aliphatic carbocycles. The van der Waals surface area contributed by atoms with E-state index >= 15 is 0 Å². The van der Waals surface area contributed by atoms with Crippen LogP contribution >= 0.6 is 11.8 Å². The standard InChI is InChI=1S/C39H30F5NO6S/c40-32-31(33(41)35(43)36(44)34(32)42)37(47)45-18-22-2-1-3-27(16-22)23-8-10-26(11-9-23)39-50-28(20-52-29-14-12-25(13-15-29)38(48)49)17-30(51-39)24-6-4-21(19-46)5-7-24/h1-16,28,30,39,46H,17-20H2,(H,45,47)(H,48,49)/t28-,30+,39+/m1/s1. The second kappa shape index (κ2) is 16.1. The normalized spacial score (nSPS) is 17.2. The largest absolute Gasteiger partial charge is 0.478 e. The summed E-state index contributed by atoms with van der Waals surface area (Å²) in [7, 11) is 0. The third-order valence-corrected chi connectivity index (χ3v) is 9.63. The molecule has 3 atom stereocenters. The molecule has 268 valence electrons. The molecule has 1 aliphatic rings. The number of halogens is 5. The van der Waals surface area contributed by atoms with Gasteiger partial charge in [0.05, 0.1) is 24.4 Å². The van der Waals surface area contributed by atoms with Crippen molar-refractivity contribution in [3.63, 3.8) is 0 Å². The monoisotopic (exact) mass is 735 g/mol. The van der Waals surface area contributed by atoms with Crippen LogP contribution in [0, 0.1) is 29.1 Å². The number of rotatable bonds is 11. The van der Waals surface area contributed by atoms with E-state index < -0.39 is 52.8 Å². The molecule has 6 rings (SSSR count). The van der Waals surface area contributed by atoms with E-state index in [1.165, 1.54) is 11.8 Å². The Labute approximate surface area is 299 Å².